The van der Waals surface area contributed by atoms with Crippen molar-refractivity contribution in [3.05, 3.63) is 35.4 Å². The molecular formula is C16H23N5O2. The van der Waals surface area contributed by atoms with Crippen LogP contribution in [0.3, 0.4) is 0 Å². The largest absolute Gasteiger partial charge is 0.393 e. The number of hydrogen-bond donors (Lipinski definition) is 3. The van der Waals surface area contributed by atoms with Gasteiger partial charge in [0.25, 0.3) is 5.91 Å². The predicted molar refractivity (Wildman–Crippen MR) is 84.7 cm³/mol. The monoisotopic (exact) mass is 317 g/mol. The summed E-state index contributed by atoms with van der Waals surface area (Å²) in [4.78, 5) is 12.5. The Hall–Kier alpha value is -2.15. The Balaban J connectivity index is 1.73. The van der Waals surface area contributed by atoms with Gasteiger partial charge >= 0.3 is 0 Å². The lowest BCUT2D eigenvalue weighted by molar-refractivity contribution is 0.0234. The summed E-state index contributed by atoms with van der Waals surface area (Å²) in [5, 5.41) is 23.8. The fourth-order valence-electron chi connectivity index (χ4n) is 3.07. The van der Waals surface area contributed by atoms with E-state index in [0.29, 0.717) is 18.5 Å². The van der Waals surface area contributed by atoms with E-state index in [0.717, 1.165) is 24.1 Å². The molecule has 1 saturated carbocycles. The molecule has 0 spiro atoms. The summed E-state index contributed by atoms with van der Waals surface area (Å²) in [5.74, 6) is 0.0334. The van der Waals surface area contributed by atoms with Gasteiger partial charge in [0.15, 0.2) is 0 Å². The first kappa shape index (κ1) is 15.7. The molecule has 3 N–H and O–H groups in total. The molecule has 0 aromatic carbocycles. The highest BCUT2D eigenvalue weighted by Gasteiger charge is 2.36. The molecule has 2 aromatic rings. The summed E-state index contributed by atoms with van der Waals surface area (Å²) in [5.41, 5.74) is 2.33. The number of amides is 1. The van der Waals surface area contributed by atoms with Crippen LogP contribution in [-0.2, 0) is 13.5 Å². The first-order valence-electron chi connectivity index (χ1n) is 8.08. The summed E-state index contributed by atoms with van der Waals surface area (Å²) < 4.78 is 1.72. The highest BCUT2D eigenvalue weighted by atomic mass is 16.3. The lowest BCUT2D eigenvalue weighted by atomic mass is 9.75. The van der Waals surface area contributed by atoms with Crippen LogP contribution in [0.4, 0.5) is 0 Å². The Morgan fingerprint density at radius 2 is 2.35 bits per heavy atom. The second-order valence-corrected chi connectivity index (χ2v) is 6.31. The van der Waals surface area contributed by atoms with Crippen LogP contribution in [0.2, 0.25) is 0 Å². The van der Waals surface area contributed by atoms with Crippen molar-refractivity contribution in [3.63, 3.8) is 0 Å². The van der Waals surface area contributed by atoms with Crippen LogP contribution in [-0.4, -0.2) is 37.1 Å². The van der Waals surface area contributed by atoms with Crippen molar-refractivity contribution in [1.29, 1.82) is 0 Å². The minimum atomic E-state index is -0.266. The third-order valence-electron chi connectivity index (χ3n) is 4.37. The zero-order chi connectivity index (χ0) is 16.4. The van der Waals surface area contributed by atoms with Gasteiger partial charge < -0.3 is 10.4 Å². The molecule has 2 aromatic heterocycles. The van der Waals surface area contributed by atoms with Gasteiger partial charge in [-0.1, -0.05) is 13.3 Å². The third-order valence-corrected chi connectivity index (χ3v) is 4.37. The molecule has 3 rings (SSSR count). The zero-order valence-electron chi connectivity index (χ0n) is 13.5. The number of aliphatic hydroxyl groups is 1. The van der Waals surface area contributed by atoms with Crippen molar-refractivity contribution >= 4 is 5.91 Å². The molecule has 1 aliphatic rings. The first-order valence-corrected chi connectivity index (χ1v) is 8.08. The number of hydrogen-bond acceptors (Lipinski definition) is 4. The number of nitrogens with zero attached hydrogens (tertiary/aromatic N) is 3. The Bertz CT molecular complexity index is 672. The van der Waals surface area contributed by atoms with E-state index >= 15 is 0 Å². The van der Waals surface area contributed by atoms with E-state index in [1.807, 2.05) is 13.2 Å². The van der Waals surface area contributed by atoms with Gasteiger partial charge in [-0.3, -0.25) is 14.6 Å². The Labute approximate surface area is 135 Å². The number of aromatic nitrogens is 4. The van der Waals surface area contributed by atoms with E-state index in [1.54, 1.807) is 16.9 Å². The van der Waals surface area contributed by atoms with Gasteiger partial charge in [0.2, 0.25) is 0 Å². The number of carbonyl (C=O) groups excluding carboxylic acids is 1. The van der Waals surface area contributed by atoms with Crippen molar-refractivity contribution in [2.45, 2.75) is 44.8 Å². The van der Waals surface area contributed by atoms with Gasteiger partial charge in [-0.05, 0) is 31.2 Å². The van der Waals surface area contributed by atoms with Crippen LogP contribution < -0.4 is 5.32 Å². The second-order valence-electron chi connectivity index (χ2n) is 6.31. The van der Waals surface area contributed by atoms with E-state index in [4.69, 9.17) is 0 Å². The van der Waals surface area contributed by atoms with Crippen LogP contribution >= 0.6 is 0 Å². The maximum absolute atomic E-state index is 12.5. The summed E-state index contributed by atoms with van der Waals surface area (Å²) in [6.45, 7) is 2.08. The van der Waals surface area contributed by atoms with Gasteiger partial charge in [0.1, 0.15) is 5.69 Å². The second kappa shape index (κ2) is 6.54. The van der Waals surface area contributed by atoms with Crippen LogP contribution in [0, 0.1) is 5.92 Å². The van der Waals surface area contributed by atoms with Crippen molar-refractivity contribution < 1.29 is 9.90 Å². The van der Waals surface area contributed by atoms with Crippen LogP contribution in [0.25, 0.3) is 0 Å². The molecule has 7 nitrogen and oxygen atoms in total. The molecular weight excluding hydrogens is 294 g/mol. The molecule has 1 fully saturated rings. The number of aromatic amines is 1. The molecule has 0 bridgehead atoms. The molecule has 1 atom stereocenters. The average molecular weight is 317 g/mol. The number of rotatable bonds is 6. The molecule has 23 heavy (non-hydrogen) atoms. The summed E-state index contributed by atoms with van der Waals surface area (Å²) in [7, 11) is 1.85. The van der Waals surface area contributed by atoms with Crippen molar-refractivity contribution in [2.75, 3.05) is 0 Å². The maximum Gasteiger partial charge on any atom is 0.272 e. The molecule has 1 amide bonds. The topological polar surface area (TPSA) is 95.8 Å². The molecule has 0 aliphatic heterocycles. The normalized spacial score (nSPS) is 21.7. The molecule has 2 heterocycles. The quantitative estimate of drug-likeness (QED) is 0.749. The molecule has 0 saturated heterocycles. The standard InChI is InChI=1S/C16H23N5O2/c1-3-4-12-7-14(20-19-12)16(23)18-15(10-5-13(22)6-10)11-8-17-21(2)9-11/h7-10,13,15,22H,3-6H2,1-2H3,(H,18,23)(H,19,20). The molecule has 1 unspecified atom stereocenters. The third kappa shape index (κ3) is 3.44. The zero-order valence-corrected chi connectivity index (χ0v) is 13.5. The number of H-pyrrole nitrogens is 1. The van der Waals surface area contributed by atoms with Gasteiger partial charge in [0, 0.05) is 24.5 Å². The molecule has 7 heteroatoms. The maximum atomic E-state index is 12.5. The van der Waals surface area contributed by atoms with E-state index in [2.05, 4.69) is 27.5 Å². The van der Waals surface area contributed by atoms with E-state index in [-0.39, 0.29) is 24.0 Å². The van der Waals surface area contributed by atoms with Gasteiger partial charge in [-0.25, -0.2) is 0 Å². The minimum Gasteiger partial charge on any atom is -0.393 e. The van der Waals surface area contributed by atoms with Crippen molar-refractivity contribution in [1.82, 2.24) is 25.3 Å². The minimum absolute atomic E-state index is 0.147. The van der Waals surface area contributed by atoms with E-state index in [1.165, 1.54) is 0 Å². The summed E-state index contributed by atoms with van der Waals surface area (Å²) >= 11 is 0. The lowest BCUT2D eigenvalue weighted by Gasteiger charge is -2.37. The van der Waals surface area contributed by atoms with Gasteiger partial charge in [-0.15, -0.1) is 0 Å². The van der Waals surface area contributed by atoms with Crippen LogP contribution in [0.15, 0.2) is 18.5 Å². The smallest absolute Gasteiger partial charge is 0.272 e. The summed E-state index contributed by atoms with van der Waals surface area (Å²) in [6.07, 6.45) is 6.68. The summed E-state index contributed by atoms with van der Waals surface area (Å²) in [6, 6.07) is 1.65. The fourth-order valence-corrected chi connectivity index (χ4v) is 3.07. The van der Waals surface area contributed by atoms with Crippen molar-refractivity contribution in [3.8, 4) is 0 Å². The first-order chi connectivity index (χ1) is 11.1. The van der Waals surface area contributed by atoms with E-state index < -0.39 is 0 Å². The van der Waals surface area contributed by atoms with Gasteiger partial charge in [0.05, 0.1) is 18.3 Å². The number of nitrogens with one attached hydrogen (secondary N) is 2. The number of aliphatic hydroxyl groups excluding tert-OH is 1. The average Bonchev–Trinajstić information content (AvgIpc) is 3.11. The predicted octanol–water partition coefficient (Wildman–Crippen LogP) is 1.34. The molecule has 1 aliphatic carbocycles. The van der Waals surface area contributed by atoms with Crippen LogP contribution in [0.1, 0.15) is 54.0 Å². The lowest BCUT2D eigenvalue weighted by Crippen LogP contribution is -2.41. The SMILES string of the molecule is CCCc1cc(C(=O)NC(c2cnn(C)c2)C2CC(O)C2)n[nH]1. The highest BCUT2D eigenvalue weighted by molar-refractivity contribution is 5.92. The number of aryl methyl sites for hydroxylation is 2. The Morgan fingerprint density at radius 3 is 2.96 bits per heavy atom. The van der Waals surface area contributed by atoms with Crippen molar-refractivity contribution in [2.24, 2.45) is 13.0 Å². The van der Waals surface area contributed by atoms with Crippen LogP contribution in [0.5, 0.6) is 0 Å². The Morgan fingerprint density at radius 1 is 1.57 bits per heavy atom. The molecule has 124 valence electrons. The Kier molecular flexibility index (Phi) is 4.47. The fraction of sp³-hybridized carbons (Fsp3) is 0.562. The number of carbonyl (C=O) groups is 1. The van der Waals surface area contributed by atoms with Gasteiger partial charge in [-0.2, -0.15) is 10.2 Å². The highest BCUT2D eigenvalue weighted by Crippen LogP contribution is 2.38. The van der Waals surface area contributed by atoms with E-state index in [9.17, 15) is 9.90 Å². The molecule has 0 radical (unpaired) electrons.